The van der Waals surface area contributed by atoms with Gasteiger partial charge in [-0.2, -0.15) is 0 Å². The Kier molecular flexibility index (Phi) is 8.11. The number of likely N-dealkylation sites (tertiary alicyclic amines) is 1. The van der Waals surface area contributed by atoms with Gasteiger partial charge in [-0.15, -0.1) is 0 Å². The standard InChI is InChI=1S/C22H36N2O2/c1-22(2,26)13-12-19-10-8-11-20(18-19)21(25)23(3)14-9-17-24-15-6-4-5-7-16-24/h8,10-11,18,26H,4-7,9,12-17H2,1-3H3. The van der Waals surface area contributed by atoms with Gasteiger partial charge in [-0.05, 0) is 83.3 Å². The number of benzene rings is 1. The van der Waals surface area contributed by atoms with E-state index < -0.39 is 5.60 Å². The number of aryl methyl sites for hydroxylation is 1. The van der Waals surface area contributed by atoms with Crippen molar-refractivity contribution in [1.29, 1.82) is 0 Å². The van der Waals surface area contributed by atoms with E-state index in [1.165, 1.54) is 38.8 Å². The number of nitrogens with zero attached hydrogens (tertiary/aromatic N) is 2. The first-order valence-corrected chi connectivity index (χ1v) is 10.1. The van der Waals surface area contributed by atoms with E-state index in [0.29, 0.717) is 6.42 Å². The minimum Gasteiger partial charge on any atom is -0.390 e. The van der Waals surface area contributed by atoms with Gasteiger partial charge in [0.1, 0.15) is 0 Å². The number of carbonyl (C=O) groups excluding carboxylic acids is 1. The van der Waals surface area contributed by atoms with Crippen molar-refractivity contribution in [2.24, 2.45) is 0 Å². The maximum atomic E-state index is 12.7. The molecule has 1 aliphatic heterocycles. The SMILES string of the molecule is CN(CCCN1CCCCCC1)C(=O)c1cccc(CCC(C)(C)O)c1. The Balaban J connectivity index is 1.81. The maximum Gasteiger partial charge on any atom is 0.253 e. The number of amides is 1. The number of hydrogen-bond donors (Lipinski definition) is 1. The molecule has 0 radical (unpaired) electrons. The van der Waals surface area contributed by atoms with Crippen molar-refractivity contribution in [1.82, 2.24) is 9.80 Å². The normalized spacial score (nSPS) is 16.3. The number of rotatable bonds is 8. The van der Waals surface area contributed by atoms with E-state index in [1.54, 1.807) is 0 Å². The van der Waals surface area contributed by atoms with Gasteiger partial charge in [-0.3, -0.25) is 4.79 Å². The quantitative estimate of drug-likeness (QED) is 0.768. The molecule has 0 unspecified atom stereocenters. The zero-order valence-corrected chi connectivity index (χ0v) is 16.8. The fourth-order valence-electron chi connectivity index (χ4n) is 3.52. The second-order valence-corrected chi connectivity index (χ2v) is 8.35. The Bertz CT molecular complexity index is 558. The topological polar surface area (TPSA) is 43.8 Å². The Morgan fingerprint density at radius 3 is 2.54 bits per heavy atom. The minimum absolute atomic E-state index is 0.0889. The van der Waals surface area contributed by atoms with Crippen LogP contribution < -0.4 is 0 Å². The van der Waals surface area contributed by atoms with Crippen molar-refractivity contribution in [2.75, 3.05) is 33.2 Å². The molecule has 0 spiro atoms. The first-order chi connectivity index (χ1) is 12.3. The second-order valence-electron chi connectivity index (χ2n) is 8.35. The third-order valence-electron chi connectivity index (χ3n) is 5.21. The van der Waals surface area contributed by atoms with Crippen molar-refractivity contribution in [3.63, 3.8) is 0 Å². The highest BCUT2D eigenvalue weighted by molar-refractivity contribution is 5.94. The first kappa shape index (κ1) is 20.9. The van der Waals surface area contributed by atoms with Crippen molar-refractivity contribution in [3.05, 3.63) is 35.4 Å². The maximum absolute atomic E-state index is 12.7. The molecule has 1 heterocycles. The molecule has 1 N–H and O–H groups in total. The van der Waals surface area contributed by atoms with Crippen LogP contribution in [0.25, 0.3) is 0 Å². The van der Waals surface area contributed by atoms with E-state index in [4.69, 9.17) is 0 Å². The fourth-order valence-corrected chi connectivity index (χ4v) is 3.52. The molecule has 0 bridgehead atoms. The molecule has 1 saturated heterocycles. The summed E-state index contributed by atoms with van der Waals surface area (Å²) >= 11 is 0. The van der Waals surface area contributed by atoms with E-state index >= 15 is 0 Å². The molecule has 1 aromatic carbocycles. The Hall–Kier alpha value is -1.39. The predicted octanol–water partition coefficient (Wildman–Crippen LogP) is 3.73. The molecule has 4 heteroatoms. The van der Waals surface area contributed by atoms with Crippen LogP contribution >= 0.6 is 0 Å². The van der Waals surface area contributed by atoms with Crippen molar-refractivity contribution in [3.8, 4) is 0 Å². The third kappa shape index (κ3) is 7.46. The van der Waals surface area contributed by atoms with Crippen LogP contribution in [0.3, 0.4) is 0 Å². The predicted molar refractivity (Wildman–Crippen MR) is 108 cm³/mol. The summed E-state index contributed by atoms with van der Waals surface area (Å²) in [4.78, 5) is 17.1. The fraction of sp³-hybridized carbons (Fsp3) is 0.682. The van der Waals surface area contributed by atoms with Crippen LogP contribution in [0.4, 0.5) is 0 Å². The summed E-state index contributed by atoms with van der Waals surface area (Å²) < 4.78 is 0. The molecule has 4 nitrogen and oxygen atoms in total. The molecule has 0 atom stereocenters. The molecule has 1 fully saturated rings. The smallest absolute Gasteiger partial charge is 0.253 e. The molecule has 0 saturated carbocycles. The van der Waals surface area contributed by atoms with Crippen LogP contribution in [0.1, 0.15) is 68.3 Å². The Morgan fingerprint density at radius 1 is 1.19 bits per heavy atom. The molecule has 0 aromatic heterocycles. The first-order valence-electron chi connectivity index (χ1n) is 10.1. The zero-order chi connectivity index (χ0) is 19.0. The summed E-state index contributed by atoms with van der Waals surface area (Å²) in [6.07, 6.45) is 7.84. The van der Waals surface area contributed by atoms with Gasteiger partial charge in [-0.25, -0.2) is 0 Å². The highest BCUT2D eigenvalue weighted by Crippen LogP contribution is 2.15. The second kappa shape index (κ2) is 10.1. The number of aliphatic hydroxyl groups is 1. The Morgan fingerprint density at radius 2 is 1.88 bits per heavy atom. The van der Waals surface area contributed by atoms with Crippen LogP contribution in [0.2, 0.25) is 0 Å². The van der Waals surface area contributed by atoms with E-state index in [0.717, 1.165) is 37.1 Å². The average molecular weight is 361 g/mol. The molecular formula is C22H36N2O2. The van der Waals surface area contributed by atoms with Crippen LogP contribution in [-0.2, 0) is 6.42 Å². The van der Waals surface area contributed by atoms with Crippen molar-refractivity contribution < 1.29 is 9.90 Å². The van der Waals surface area contributed by atoms with Crippen LogP contribution in [0, 0.1) is 0 Å². The lowest BCUT2D eigenvalue weighted by atomic mass is 9.98. The van der Waals surface area contributed by atoms with Crippen LogP contribution in [0.15, 0.2) is 24.3 Å². The summed E-state index contributed by atoms with van der Waals surface area (Å²) in [5.74, 6) is 0.0889. The summed E-state index contributed by atoms with van der Waals surface area (Å²) in [7, 11) is 1.90. The van der Waals surface area contributed by atoms with Gasteiger partial charge in [0, 0.05) is 19.2 Å². The van der Waals surface area contributed by atoms with Crippen LogP contribution in [-0.4, -0.2) is 59.6 Å². The summed E-state index contributed by atoms with van der Waals surface area (Å²) in [6.45, 7) is 7.94. The minimum atomic E-state index is -0.676. The number of hydrogen-bond acceptors (Lipinski definition) is 3. The van der Waals surface area contributed by atoms with Gasteiger partial charge in [-0.1, -0.05) is 25.0 Å². The van der Waals surface area contributed by atoms with E-state index in [2.05, 4.69) is 4.90 Å². The zero-order valence-electron chi connectivity index (χ0n) is 16.8. The molecule has 1 aromatic rings. The summed E-state index contributed by atoms with van der Waals surface area (Å²) in [5, 5.41) is 9.89. The molecular weight excluding hydrogens is 324 g/mol. The molecule has 0 aliphatic carbocycles. The molecule has 2 rings (SSSR count). The molecule has 1 amide bonds. The lowest BCUT2D eigenvalue weighted by Gasteiger charge is -2.22. The highest BCUT2D eigenvalue weighted by atomic mass is 16.3. The monoisotopic (exact) mass is 360 g/mol. The highest BCUT2D eigenvalue weighted by Gasteiger charge is 2.15. The van der Waals surface area contributed by atoms with E-state index in [1.807, 2.05) is 50.1 Å². The Labute approximate surface area is 159 Å². The number of carbonyl (C=O) groups is 1. The average Bonchev–Trinajstić information content (AvgIpc) is 2.88. The van der Waals surface area contributed by atoms with Gasteiger partial charge in [0.25, 0.3) is 5.91 Å². The lowest BCUT2D eigenvalue weighted by Crippen LogP contribution is -2.32. The lowest BCUT2D eigenvalue weighted by molar-refractivity contribution is 0.0714. The van der Waals surface area contributed by atoms with Crippen molar-refractivity contribution in [2.45, 2.75) is 64.4 Å². The summed E-state index contributed by atoms with van der Waals surface area (Å²) in [6, 6.07) is 7.83. The molecule has 1 aliphatic rings. The van der Waals surface area contributed by atoms with Gasteiger partial charge >= 0.3 is 0 Å². The van der Waals surface area contributed by atoms with Crippen LogP contribution in [0.5, 0.6) is 0 Å². The third-order valence-corrected chi connectivity index (χ3v) is 5.21. The van der Waals surface area contributed by atoms with Gasteiger partial charge in [0.15, 0.2) is 0 Å². The van der Waals surface area contributed by atoms with E-state index in [9.17, 15) is 9.90 Å². The van der Waals surface area contributed by atoms with Gasteiger partial charge < -0.3 is 14.9 Å². The largest absolute Gasteiger partial charge is 0.390 e. The molecule has 146 valence electrons. The van der Waals surface area contributed by atoms with E-state index in [-0.39, 0.29) is 5.91 Å². The summed E-state index contributed by atoms with van der Waals surface area (Å²) in [5.41, 5.74) is 1.18. The van der Waals surface area contributed by atoms with Gasteiger partial charge in [0.2, 0.25) is 0 Å². The van der Waals surface area contributed by atoms with Gasteiger partial charge in [0.05, 0.1) is 5.60 Å². The van der Waals surface area contributed by atoms with Crippen molar-refractivity contribution >= 4 is 5.91 Å². The molecule has 26 heavy (non-hydrogen) atoms.